The molecule has 4 aromatic rings. The number of amides is 2. The standard InChI is InChI=1S/C27H28N6O2/c1-27(2,3)18-7-5-8-20(17-18)32-26(34)31-19-10-12-21(13-11-19)35-24-22(9-6-15-29-24)23-14-16-30-25(28-4)33-23/h5-17H,1-4H3,(H,28,30,33)(H2,31,32,34). The number of urea groups is 1. The Morgan fingerprint density at radius 1 is 0.857 bits per heavy atom. The Bertz CT molecular complexity index is 1320. The van der Waals surface area contributed by atoms with Crippen molar-refractivity contribution in [1.29, 1.82) is 0 Å². The molecule has 0 aliphatic rings. The molecule has 2 aromatic carbocycles. The minimum Gasteiger partial charge on any atom is -0.438 e. The van der Waals surface area contributed by atoms with E-state index in [9.17, 15) is 4.79 Å². The monoisotopic (exact) mass is 468 g/mol. The van der Waals surface area contributed by atoms with Gasteiger partial charge in [-0.3, -0.25) is 0 Å². The van der Waals surface area contributed by atoms with Crippen LogP contribution in [0.25, 0.3) is 11.3 Å². The molecule has 0 bridgehead atoms. The van der Waals surface area contributed by atoms with Gasteiger partial charge in [0.2, 0.25) is 11.8 Å². The highest BCUT2D eigenvalue weighted by Crippen LogP contribution is 2.31. The summed E-state index contributed by atoms with van der Waals surface area (Å²) in [6.07, 6.45) is 3.34. The van der Waals surface area contributed by atoms with Crippen LogP contribution < -0.4 is 20.7 Å². The van der Waals surface area contributed by atoms with Crippen molar-refractivity contribution in [3.05, 3.63) is 84.7 Å². The van der Waals surface area contributed by atoms with Crippen LogP contribution in [0.2, 0.25) is 0 Å². The van der Waals surface area contributed by atoms with Crippen LogP contribution in [0.4, 0.5) is 22.1 Å². The van der Waals surface area contributed by atoms with Gasteiger partial charge in [0, 0.05) is 30.8 Å². The summed E-state index contributed by atoms with van der Waals surface area (Å²) < 4.78 is 6.02. The Morgan fingerprint density at radius 2 is 1.63 bits per heavy atom. The van der Waals surface area contributed by atoms with Crippen molar-refractivity contribution in [2.45, 2.75) is 26.2 Å². The molecule has 0 aliphatic heterocycles. The second kappa shape index (κ2) is 10.2. The molecule has 0 saturated carbocycles. The Balaban J connectivity index is 1.43. The van der Waals surface area contributed by atoms with E-state index in [4.69, 9.17) is 4.74 Å². The predicted octanol–water partition coefficient (Wildman–Crippen LogP) is 6.31. The van der Waals surface area contributed by atoms with Gasteiger partial charge in [-0.2, -0.15) is 0 Å². The van der Waals surface area contributed by atoms with Crippen LogP contribution in [0.5, 0.6) is 11.6 Å². The fourth-order valence-electron chi connectivity index (χ4n) is 3.37. The highest BCUT2D eigenvalue weighted by atomic mass is 16.5. The number of hydrogen-bond acceptors (Lipinski definition) is 6. The van der Waals surface area contributed by atoms with Crippen molar-refractivity contribution < 1.29 is 9.53 Å². The van der Waals surface area contributed by atoms with Gasteiger partial charge in [0.1, 0.15) is 5.75 Å². The number of aromatic nitrogens is 3. The second-order valence-corrected chi connectivity index (χ2v) is 8.91. The first-order chi connectivity index (χ1) is 16.8. The molecule has 178 valence electrons. The van der Waals surface area contributed by atoms with Gasteiger partial charge in [0.25, 0.3) is 0 Å². The Labute approximate surface area is 204 Å². The fraction of sp³-hybridized carbons (Fsp3) is 0.185. The van der Waals surface area contributed by atoms with Gasteiger partial charge >= 0.3 is 6.03 Å². The molecule has 4 rings (SSSR count). The van der Waals surface area contributed by atoms with Crippen molar-refractivity contribution in [1.82, 2.24) is 15.0 Å². The third-order valence-corrected chi connectivity index (χ3v) is 5.24. The first-order valence-corrected chi connectivity index (χ1v) is 11.2. The van der Waals surface area contributed by atoms with E-state index < -0.39 is 0 Å². The molecular formula is C27H28N6O2. The third-order valence-electron chi connectivity index (χ3n) is 5.24. The molecule has 3 N–H and O–H groups in total. The minimum absolute atomic E-state index is 0.000114. The summed E-state index contributed by atoms with van der Waals surface area (Å²) in [6, 6.07) is 20.1. The van der Waals surface area contributed by atoms with Gasteiger partial charge in [0.05, 0.1) is 11.3 Å². The summed E-state index contributed by atoms with van der Waals surface area (Å²) in [4.78, 5) is 25.5. The summed E-state index contributed by atoms with van der Waals surface area (Å²) in [5.41, 5.74) is 3.96. The van der Waals surface area contributed by atoms with Crippen LogP contribution in [0.3, 0.4) is 0 Å². The Kier molecular flexibility index (Phi) is 6.91. The van der Waals surface area contributed by atoms with Crippen LogP contribution in [-0.4, -0.2) is 28.0 Å². The van der Waals surface area contributed by atoms with Gasteiger partial charge in [-0.15, -0.1) is 0 Å². The normalized spacial score (nSPS) is 11.0. The molecule has 0 unspecified atom stereocenters. The van der Waals surface area contributed by atoms with Gasteiger partial charge in [-0.25, -0.2) is 19.7 Å². The molecule has 2 heterocycles. The van der Waals surface area contributed by atoms with Crippen LogP contribution in [0.1, 0.15) is 26.3 Å². The first-order valence-electron chi connectivity index (χ1n) is 11.2. The predicted molar refractivity (Wildman–Crippen MR) is 139 cm³/mol. The number of anilines is 3. The van der Waals surface area contributed by atoms with E-state index in [-0.39, 0.29) is 11.4 Å². The van der Waals surface area contributed by atoms with Crippen LogP contribution in [0, 0.1) is 0 Å². The van der Waals surface area contributed by atoms with Gasteiger partial charge in [0.15, 0.2) is 0 Å². The maximum Gasteiger partial charge on any atom is 0.323 e. The Morgan fingerprint density at radius 3 is 2.37 bits per heavy atom. The van der Waals surface area contributed by atoms with Crippen molar-refractivity contribution >= 4 is 23.4 Å². The highest BCUT2D eigenvalue weighted by molar-refractivity contribution is 5.99. The summed E-state index contributed by atoms with van der Waals surface area (Å²) in [7, 11) is 1.76. The molecule has 0 radical (unpaired) electrons. The van der Waals surface area contributed by atoms with Gasteiger partial charge < -0.3 is 20.7 Å². The number of benzene rings is 2. The molecule has 0 saturated heterocycles. The lowest BCUT2D eigenvalue weighted by Crippen LogP contribution is -2.20. The molecule has 8 heteroatoms. The number of nitrogens with zero attached hydrogens (tertiary/aromatic N) is 3. The average molecular weight is 469 g/mol. The number of carbonyl (C=O) groups excluding carboxylic acids is 1. The quantitative estimate of drug-likeness (QED) is 0.306. The lowest BCUT2D eigenvalue weighted by Gasteiger charge is -2.20. The van der Waals surface area contributed by atoms with E-state index >= 15 is 0 Å². The summed E-state index contributed by atoms with van der Waals surface area (Å²) in [5.74, 6) is 1.51. The van der Waals surface area contributed by atoms with E-state index in [0.717, 1.165) is 16.8 Å². The third kappa shape index (κ3) is 6.11. The number of pyridine rings is 1. The zero-order valence-corrected chi connectivity index (χ0v) is 20.2. The van der Waals surface area contributed by atoms with Crippen LogP contribution in [0.15, 0.2) is 79.1 Å². The molecule has 0 aliphatic carbocycles. The number of ether oxygens (including phenoxy) is 1. The topological polar surface area (TPSA) is 101 Å². The van der Waals surface area contributed by atoms with Crippen LogP contribution >= 0.6 is 0 Å². The highest BCUT2D eigenvalue weighted by Gasteiger charge is 2.14. The zero-order valence-electron chi connectivity index (χ0n) is 20.2. The van der Waals surface area contributed by atoms with E-state index in [2.05, 4.69) is 57.7 Å². The number of carbonyl (C=O) groups is 1. The lowest BCUT2D eigenvalue weighted by atomic mass is 9.87. The van der Waals surface area contributed by atoms with Gasteiger partial charge in [-0.1, -0.05) is 32.9 Å². The first kappa shape index (κ1) is 23.7. The van der Waals surface area contributed by atoms with E-state index in [1.807, 2.05) is 30.3 Å². The maximum atomic E-state index is 12.5. The smallest absolute Gasteiger partial charge is 0.323 e. The molecule has 0 fully saturated rings. The van der Waals surface area contributed by atoms with E-state index in [0.29, 0.717) is 29.0 Å². The Hall–Kier alpha value is -4.46. The second-order valence-electron chi connectivity index (χ2n) is 8.91. The molecule has 0 atom stereocenters. The molecule has 2 amide bonds. The molecule has 0 spiro atoms. The van der Waals surface area contributed by atoms with Crippen molar-refractivity contribution in [2.24, 2.45) is 0 Å². The largest absolute Gasteiger partial charge is 0.438 e. The summed E-state index contributed by atoms with van der Waals surface area (Å²) in [6.45, 7) is 6.41. The van der Waals surface area contributed by atoms with E-state index in [1.54, 1.807) is 49.8 Å². The number of nitrogens with one attached hydrogen (secondary N) is 3. The zero-order chi connectivity index (χ0) is 24.8. The van der Waals surface area contributed by atoms with Crippen molar-refractivity contribution in [3.63, 3.8) is 0 Å². The number of rotatable bonds is 6. The van der Waals surface area contributed by atoms with Crippen LogP contribution in [-0.2, 0) is 5.41 Å². The van der Waals surface area contributed by atoms with Gasteiger partial charge in [-0.05, 0) is 65.6 Å². The maximum absolute atomic E-state index is 12.5. The molecule has 35 heavy (non-hydrogen) atoms. The molecular weight excluding hydrogens is 440 g/mol. The van der Waals surface area contributed by atoms with E-state index in [1.165, 1.54) is 0 Å². The minimum atomic E-state index is -0.319. The fourth-order valence-corrected chi connectivity index (χ4v) is 3.37. The summed E-state index contributed by atoms with van der Waals surface area (Å²) >= 11 is 0. The average Bonchev–Trinajstić information content (AvgIpc) is 2.85. The van der Waals surface area contributed by atoms with Crippen molar-refractivity contribution in [3.8, 4) is 22.9 Å². The molecule has 2 aromatic heterocycles. The lowest BCUT2D eigenvalue weighted by molar-refractivity contribution is 0.262. The van der Waals surface area contributed by atoms with Crippen molar-refractivity contribution in [2.75, 3.05) is 23.0 Å². The SMILES string of the molecule is CNc1nccc(-c2cccnc2Oc2ccc(NC(=O)Nc3cccc(C(C)(C)C)c3)cc2)n1. The molecule has 8 nitrogen and oxygen atoms in total. The number of hydrogen-bond donors (Lipinski definition) is 3. The summed E-state index contributed by atoms with van der Waals surface area (Å²) in [5, 5.41) is 8.66.